The first-order chi connectivity index (χ1) is 7.15. The number of aliphatic carboxylic acids is 1. The minimum absolute atomic E-state index is 0.119. The van der Waals surface area contributed by atoms with Crippen molar-refractivity contribution in [3.63, 3.8) is 0 Å². The van der Waals surface area contributed by atoms with Crippen LogP contribution in [0.2, 0.25) is 0 Å². The second-order valence-corrected chi connectivity index (χ2v) is 2.91. The van der Waals surface area contributed by atoms with Crippen LogP contribution in [0.3, 0.4) is 0 Å². The van der Waals surface area contributed by atoms with Gasteiger partial charge in [0.2, 0.25) is 0 Å². The Morgan fingerprint density at radius 1 is 1.67 bits per heavy atom. The molecule has 4 heteroatoms. The van der Waals surface area contributed by atoms with E-state index in [2.05, 4.69) is 11.2 Å². The van der Waals surface area contributed by atoms with E-state index in [-0.39, 0.29) is 6.54 Å². The summed E-state index contributed by atoms with van der Waals surface area (Å²) in [7, 11) is 0. The number of carbonyl (C=O) groups is 1. The zero-order valence-corrected chi connectivity index (χ0v) is 7.90. The Labute approximate surface area is 86.9 Å². The SMILES string of the molecule is C#CCNC(C(=O)O)c1cccc(F)c1. The van der Waals surface area contributed by atoms with E-state index in [0.29, 0.717) is 5.56 Å². The first kappa shape index (κ1) is 11.2. The van der Waals surface area contributed by atoms with Gasteiger partial charge in [-0.2, -0.15) is 0 Å². The third kappa shape index (κ3) is 3.08. The quantitative estimate of drug-likeness (QED) is 0.729. The molecule has 0 heterocycles. The average Bonchev–Trinajstić information content (AvgIpc) is 2.18. The van der Waals surface area contributed by atoms with Crippen molar-refractivity contribution in [2.45, 2.75) is 6.04 Å². The number of hydrogen-bond acceptors (Lipinski definition) is 2. The van der Waals surface area contributed by atoms with Gasteiger partial charge in [0.05, 0.1) is 6.54 Å². The first-order valence-corrected chi connectivity index (χ1v) is 4.30. The second kappa shape index (κ2) is 5.13. The standard InChI is InChI=1S/C11H10FNO2/c1-2-6-13-10(11(14)15)8-4-3-5-9(12)7-8/h1,3-5,7,10,13H,6H2,(H,14,15). The van der Waals surface area contributed by atoms with E-state index in [1.165, 1.54) is 24.3 Å². The summed E-state index contributed by atoms with van der Waals surface area (Å²) >= 11 is 0. The normalized spacial score (nSPS) is 11.7. The van der Waals surface area contributed by atoms with Crippen LogP contribution < -0.4 is 5.32 Å². The zero-order chi connectivity index (χ0) is 11.3. The van der Waals surface area contributed by atoms with Crippen LogP contribution in [0.5, 0.6) is 0 Å². The molecule has 0 saturated heterocycles. The first-order valence-electron chi connectivity index (χ1n) is 4.30. The maximum Gasteiger partial charge on any atom is 0.325 e. The monoisotopic (exact) mass is 207 g/mol. The van der Waals surface area contributed by atoms with Gasteiger partial charge < -0.3 is 5.11 Å². The van der Waals surface area contributed by atoms with Crippen molar-refractivity contribution in [3.8, 4) is 12.3 Å². The van der Waals surface area contributed by atoms with Crippen LogP contribution in [0.25, 0.3) is 0 Å². The lowest BCUT2D eigenvalue weighted by Crippen LogP contribution is -2.28. The highest BCUT2D eigenvalue weighted by atomic mass is 19.1. The number of carboxylic acid groups (broad SMARTS) is 1. The molecule has 0 radical (unpaired) electrons. The summed E-state index contributed by atoms with van der Waals surface area (Å²) in [5.41, 5.74) is 0.345. The molecule has 0 saturated carbocycles. The molecule has 0 aromatic heterocycles. The fourth-order valence-corrected chi connectivity index (χ4v) is 1.19. The predicted octanol–water partition coefficient (Wildman–Crippen LogP) is 1.17. The van der Waals surface area contributed by atoms with Crippen molar-refractivity contribution in [1.82, 2.24) is 5.32 Å². The van der Waals surface area contributed by atoms with Gasteiger partial charge in [0.25, 0.3) is 0 Å². The summed E-state index contributed by atoms with van der Waals surface area (Å²) in [6.45, 7) is 0.119. The Hall–Kier alpha value is -1.86. The lowest BCUT2D eigenvalue weighted by molar-refractivity contribution is -0.139. The van der Waals surface area contributed by atoms with Crippen LogP contribution in [0.4, 0.5) is 4.39 Å². The molecule has 0 bridgehead atoms. The van der Waals surface area contributed by atoms with E-state index in [1.807, 2.05) is 0 Å². The lowest BCUT2D eigenvalue weighted by atomic mass is 10.1. The summed E-state index contributed by atoms with van der Waals surface area (Å²) < 4.78 is 12.9. The summed E-state index contributed by atoms with van der Waals surface area (Å²) in [5.74, 6) is 0.711. The fraction of sp³-hybridized carbons (Fsp3) is 0.182. The maximum absolute atomic E-state index is 12.9. The van der Waals surface area contributed by atoms with Crippen molar-refractivity contribution < 1.29 is 14.3 Å². The third-order valence-electron chi connectivity index (χ3n) is 1.84. The van der Waals surface area contributed by atoms with E-state index in [4.69, 9.17) is 11.5 Å². The van der Waals surface area contributed by atoms with Gasteiger partial charge in [0, 0.05) is 0 Å². The Morgan fingerprint density at radius 3 is 2.93 bits per heavy atom. The number of terminal acetylenes is 1. The highest BCUT2D eigenvalue weighted by Crippen LogP contribution is 2.14. The van der Waals surface area contributed by atoms with E-state index < -0.39 is 17.8 Å². The molecule has 1 aromatic rings. The number of nitrogens with one attached hydrogen (secondary N) is 1. The average molecular weight is 207 g/mol. The highest BCUT2D eigenvalue weighted by molar-refractivity contribution is 5.75. The van der Waals surface area contributed by atoms with Crippen LogP contribution in [0.1, 0.15) is 11.6 Å². The predicted molar refractivity (Wildman–Crippen MR) is 53.6 cm³/mol. The Morgan fingerprint density at radius 2 is 2.40 bits per heavy atom. The maximum atomic E-state index is 12.9. The van der Waals surface area contributed by atoms with Crippen LogP contribution in [0.15, 0.2) is 24.3 Å². The zero-order valence-electron chi connectivity index (χ0n) is 7.90. The molecule has 78 valence electrons. The molecule has 15 heavy (non-hydrogen) atoms. The van der Waals surface area contributed by atoms with Gasteiger partial charge >= 0.3 is 5.97 Å². The Bertz CT molecular complexity index is 398. The number of carboxylic acids is 1. The van der Waals surface area contributed by atoms with Crippen molar-refractivity contribution in [1.29, 1.82) is 0 Å². The summed E-state index contributed by atoms with van der Waals surface area (Å²) in [4.78, 5) is 10.9. The van der Waals surface area contributed by atoms with E-state index in [9.17, 15) is 9.18 Å². The molecular formula is C11H10FNO2. The van der Waals surface area contributed by atoms with Crippen LogP contribution >= 0.6 is 0 Å². The Balaban J connectivity index is 2.89. The van der Waals surface area contributed by atoms with Crippen LogP contribution in [0, 0.1) is 18.2 Å². The molecular weight excluding hydrogens is 197 g/mol. The topological polar surface area (TPSA) is 49.3 Å². The largest absolute Gasteiger partial charge is 0.480 e. The van der Waals surface area contributed by atoms with E-state index in [1.54, 1.807) is 0 Å². The molecule has 2 N–H and O–H groups in total. The molecule has 0 amide bonds. The summed E-state index contributed by atoms with van der Waals surface area (Å²) in [6, 6.07) is 4.44. The molecule has 3 nitrogen and oxygen atoms in total. The van der Waals surface area contributed by atoms with E-state index >= 15 is 0 Å². The number of benzene rings is 1. The van der Waals surface area contributed by atoms with Gasteiger partial charge in [0.15, 0.2) is 0 Å². The van der Waals surface area contributed by atoms with Crippen LogP contribution in [-0.2, 0) is 4.79 Å². The van der Waals surface area contributed by atoms with Gasteiger partial charge in [-0.1, -0.05) is 18.1 Å². The summed E-state index contributed by atoms with van der Waals surface area (Å²) in [6.07, 6.45) is 5.01. The molecule has 1 unspecified atom stereocenters. The Kier molecular flexibility index (Phi) is 3.83. The van der Waals surface area contributed by atoms with Gasteiger partial charge in [-0.25, -0.2) is 4.39 Å². The van der Waals surface area contributed by atoms with E-state index in [0.717, 1.165) is 0 Å². The van der Waals surface area contributed by atoms with Crippen molar-refractivity contribution in [2.24, 2.45) is 0 Å². The molecule has 0 aliphatic heterocycles. The number of hydrogen-bond donors (Lipinski definition) is 2. The third-order valence-corrected chi connectivity index (χ3v) is 1.84. The van der Waals surface area contributed by atoms with Crippen LogP contribution in [-0.4, -0.2) is 17.6 Å². The number of rotatable bonds is 4. The highest BCUT2D eigenvalue weighted by Gasteiger charge is 2.18. The lowest BCUT2D eigenvalue weighted by Gasteiger charge is -2.12. The second-order valence-electron chi connectivity index (χ2n) is 2.91. The van der Waals surface area contributed by atoms with Gasteiger partial charge in [-0.3, -0.25) is 10.1 Å². The van der Waals surface area contributed by atoms with Crippen molar-refractivity contribution in [2.75, 3.05) is 6.54 Å². The van der Waals surface area contributed by atoms with Gasteiger partial charge in [0.1, 0.15) is 11.9 Å². The van der Waals surface area contributed by atoms with Gasteiger partial charge in [-0.05, 0) is 17.7 Å². The van der Waals surface area contributed by atoms with Gasteiger partial charge in [-0.15, -0.1) is 6.42 Å². The fourth-order valence-electron chi connectivity index (χ4n) is 1.19. The minimum Gasteiger partial charge on any atom is -0.480 e. The molecule has 0 aliphatic rings. The smallest absolute Gasteiger partial charge is 0.325 e. The summed E-state index contributed by atoms with van der Waals surface area (Å²) in [5, 5.41) is 11.5. The molecule has 0 aliphatic carbocycles. The molecule has 1 rings (SSSR count). The number of halogens is 1. The molecule has 1 atom stereocenters. The molecule has 0 fully saturated rings. The van der Waals surface area contributed by atoms with Crippen molar-refractivity contribution in [3.05, 3.63) is 35.6 Å². The minimum atomic E-state index is -1.09. The van der Waals surface area contributed by atoms with Crippen molar-refractivity contribution >= 4 is 5.97 Å². The molecule has 0 spiro atoms. The molecule has 1 aromatic carbocycles.